The largest absolute Gasteiger partial charge is 0.359 e. The molecule has 0 unspecified atom stereocenters. The second kappa shape index (κ2) is 5.40. The lowest BCUT2D eigenvalue weighted by Crippen LogP contribution is -2.07. The molecule has 0 aromatic carbocycles. The van der Waals surface area contributed by atoms with Crippen molar-refractivity contribution in [3.63, 3.8) is 0 Å². The Morgan fingerprint density at radius 1 is 1.35 bits per heavy atom. The number of hydrogen-bond acceptors (Lipinski definition) is 4. The van der Waals surface area contributed by atoms with Crippen molar-refractivity contribution in [1.82, 2.24) is 19.9 Å². The number of rotatable bonds is 4. The van der Waals surface area contributed by atoms with Crippen LogP contribution in [-0.2, 0) is 0 Å². The van der Waals surface area contributed by atoms with Crippen LogP contribution >= 0.6 is 11.3 Å². The van der Waals surface area contributed by atoms with Gasteiger partial charge in [-0.05, 0) is 19.1 Å². The third kappa shape index (κ3) is 2.15. The van der Waals surface area contributed by atoms with Gasteiger partial charge in [-0.1, -0.05) is 12.7 Å². The number of aromatic nitrogens is 4. The Morgan fingerprint density at radius 2 is 2.26 bits per heavy atom. The quantitative estimate of drug-likeness (QED) is 0.575. The normalized spacial score (nSPS) is 11.7. The highest BCUT2D eigenvalue weighted by Gasteiger charge is 2.15. The maximum absolute atomic E-state index is 4.67. The minimum atomic E-state index is 0.892. The van der Waals surface area contributed by atoms with Crippen molar-refractivity contribution in [2.45, 2.75) is 6.92 Å². The zero-order chi connectivity index (χ0) is 15.8. The molecule has 4 aromatic rings. The van der Waals surface area contributed by atoms with Crippen LogP contribution in [-0.4, -0.2) is 19.9 Å². The molecular formula is C17H15N5S. The lowest BCUT2D eigenvalue weighted by atomic mass is 10.2. The number of H-pyrrole nitrogens is 2. The Labute approximate surface area is 137 Å². The standard InChI is InChI=1S/C17H15N5S/c1-3-7-22(4-2)13-9-19-16(15-11(13)5-6-18-15)12-8-14-17(21-12)20-10-23-14/h3-10,18,21H,2H2,1H3/b7-3-. The fraction of sp³-hybridized carbons (Fsp3) is 0.0588. The Morgan fingerprint density at radius 3 is 3.04 bits per heavy atom. The Bertz CT molecular complexity index is 992. The highest BCUT2D eigenvalue weighted by Crippen LogP contribution is 2.34. The first-order valence-electron chi connectivity index (χ1n) is 7.24. The zero-order valence-corrected chi connectivity index (χ0v) is 13.4. The molecule has 2 N–H and O–H groups in total. The van der Waals surface area contributed by atoms with E-state index in [9.17, 15) is 0 Å². The average molecular weight is 321 g/mol. The first-order valence-corrected chi connectivity index (χ1v) is 8.12. The summed E-state index contributed by atoms with van der Waals surface area (Å²) in [7, 11) is 0. The van der Waals surface area contributed by atoms with E-state index in [-0.39, 0.29) is 0 Å². The zero-order valence-electron chi connectivity index (χ0n) is 12.6. The molecule has 0 aliphatic heterocycles. The summed E-state index contributed by atoms with van der Waals surface area (Å²) >= 11 is 1.62. The van der Waals surface area contributed by atoms with Crippen molar-refractivity contribution in [3.8, 4) is 11.4 Å². The maximum atomic E-state index is 4.67. The van der Waals surface area contributed by atoms with Gasteiger partial charge < -0.3 is 14.9 Å². The summed E-state index contributed by atoms with van der Waals surface area (Å²) in [4.78, 5) is 17.6. The summed E-state index contributed by atoms with van der Waals surface area (Å²) in [6.45, 7) is 5.85. The summed E-state index contributed by atoms with van der Waals surface area (Å²) < 4.78 is 1.13. The number of allylic oxidation sites excluding steroid dienone is 1. The van der Waals surface area contributed by atoms with Gasteiger partial charge in [0.25, 0.3) is 0 Å². The number of thiazole rings is 1. The van der Waals surface area contributed by atoms with Crippen molar-refractivity contribution < 1.29 is 0 Å². The summed E-state index contributed by atoms with van der Waals surface area (Å²) in [5.41, 5.74) is 6.58. The van der Waals surface area contributed by atoms with E-state index in [1.54, 1.807) is 17.5 Å². The van der Waals surface area contributed by atoms with Gasteiger partial charge in [0.05, 0.1) is 33.3 Å². The molecule has 6 heteroatoms. The number of aromatic amines is 2. The molecule has 4 aromatic heterocycles. The van der Waals surface area contributed by atoms with Crippen LogP contribution in [0.15, 0.2) is 55.1 Å². The second-order valence-corrected chi connectivity index (χ2v) is 5.97. The summed E-state index contributed by atoms with van der Waals surface area (Å²) in [5.74, 6) is 0. The fourth-order valence-electron chi connectivity index (χ4n) is 2.72. The molecule has 0 aliphatic rings. The van der Waals surface area contributed by atoms with Gasteiger partial charge in [-0.3, -0.25) is 4.98 Å². The van der Waals surface area contributed by atoms with Gasteiger partial charge in [-0.15, -0.1) is 11.3 Å². The Kier molecular flexibility index (Phi) is 3.24. The van der Waals surface area contributed by atoms with Gasteiger partial charge in [0.1, 0.15) is 11.3 Å². The first-order chi connectivity index (χ1) is 11.3. The van der Waals surface area contributed by atoms with Gasteiger partial charge >= 0.3 is 0 Å². The first kappa shape index (κ1) is 13.8. The van der Waals surface area contributed by atoms with Gasteiger partial charge in [-0.25, -0.2) is 4.98 Å². The van der Waals surface area contributed by atoms with Gasteiger partial charge in [0.2, 0.25) is 0 Å². The molecule has 0 aliphatic carbocycles. The topological polar surface area (TPSA) is 60.6 Å². The smallest absolute Gasteiger partial charge is 0.148 e. The van der Waals surface area contributed by atoms with Crippen molar-refractivity contribution in [2.75, 3.05) is 4.90 Å². The SMILES string of the molecule is C=CN(/C=C\C)c1cnc(-c2cc3scnc3[nH]2)c2[nH]ccc12. The van der Waals surface area contributed by atoms with Crippen LogP contribution in [0.3, 0.4) is 0 Å². The lowest BCUT2D eigenvalue weighted by Gasteiger charge is -2.16. The number of nitrogens with one attached hydrogen (secondary N) is 2. The van der Waals surface area contributed by atoms with E-state index in [1.807, 2.05) is 42.0 Å². The van der Waals surface area contributed by atoms with Crippen LogP contribution in [0.5, 0.6) is 0 Å². The monoisotopic (exact) mass is 321 g/mol. The van der Waals surface area contributed by atoms with E-state index in [0.29, 0.717) is 0 Å². The molecule has 5 nitrogen and oxygen atoms in total. The van der Waals surface area contributed by atoms with Crippen LogP contribution in [0.25, 0.3) is 32.6 Å². The molecule has 0 bridgehead atoms. The van der Waals surface area contributed by atoms with Crippen molar-refractivity contribution in [2.24, 2.45) is 0 Å². The van der Waals surface area contributed by atoms with Gasteiger partial charge in [0, 0.05) is 24.0 Å². The minimum Gasteiger partial charge on any atom is -0.359 e. The van der Waals surface area contributed by atoms with Crippen LogP contribution in [0.4, 0.5) is 5.69 Å². The van der Waals surface area contributed by atoms with Crippen LogP contribution in [0.1, 0.15) is 6.92 Å². The second-order valence-electron chi connectivity index (χ2n) is 5.08. The number of anilines is 1. The van der Waals surface area contributed by atoms with Crippen molar-refractivity contribution in [3.05, 3.63) is 55.1 Å². The van der Waals surface area contributed by atoms with E-state index >= 15 is 0 Å². The molecule has 0 saturated carbocycles. The average Bonchev–Trinajstić information content (AvgIpc) is 3.26. The predicted octanol–water partition coefficient (Wildman–Crippen LogP) is 4.65. The van der Waals surface area contributed by atoms with Crippen molar-refractivity contribution >= 4 is 38.3 Å². The molecule has 4 rings (SSSR count). The number of pyridine rings is 1. The molecule has 0 atom stereocenters. The minimum absolute atomic E-state index is 0.892. The molecule has 0 fully saturated rings. The molecule has 23 heavy (non-hydrogen) atoms. The molecular weight excluding hydrogens is 306 g/mol. The summed E-state index contributed by atoms with van der Waals surface area (Å²) in [5, 5.41) is 1.10. The highest BCUT2D eigenvalue weighted by atomic mass is 32.1. The molecule has 0 amide bonds. The third-order valence-electron chi connectivity index (χ3n) is 3.74. The summed E-state index contributed by atoms with van der Waals surface area (Å²) in [6.07, 6.45) is 9.51. The number of nitrogens with zero attached hydrogens (tertiary/aromatic N) is 3. The molecule has 0 saturated heterocycles. The Hall–Kier alpha value is -2.86. The lowest BCUT2D eigenvalue weighted by molar-refractivity contribution is 1.23. The van der Waals surface area contributed by atoms with E-state index in [2.05, 4.69) is 38.6 Å². The predicted molar refractivity (Wildman–Crippen MR) is 96.5 cm³/mol. The molecule has 4 heterocycles. The van der Waals surface area contributed by atoms with Gasteiger partial charge in [-0.2, -0.15) is 0 Å². The van der Waals surface area contributed by atoms with E-state index in [0.717, 1.165) is 38.3 Å². The van der Waals surface area contributed by atoms with E-state index < -0.39 is 0 Å². The van der Waals surface area contributed by atoms with Crippen molar-refractivity contribution in [1.29, 1.82) is 0 Å². The van der Waals surface area contributed by atoms with Gasteiger partial charge in [0.15, 0.2) is 0 Å². The van der Waals surface area contributed by atoms with Crippen LogP contribution in [0, 0.1) is 0 Å². The van der Waals surface area contributed by atoms with Crippen LogP contribution in [0.2, 0.25) is 0 Å². The summed E-state index contributed by atoms with van der Waals surface area (Å²) in [6, 6.07) is 4.14. The van der Waals surface area contributed by atoms with E-state index in [1.165, 1.54) is 0 Å². The maximum Gasteiger partial charge on any atom is 0.148 e. The van der Waals surface area contributed by atoms with Crippen LogP contribution < -0.4 is 4.90 Å². The molecule has 0 spiro atoms. The molecule has 0 radical (unpaired) electrons. The highest BCUT2D eigenvalue weighted by molar-refractivity contribution is 7.16. The number of hydrogen-bond donors (Lipinski definition) is 2. The molecule has 114 valence electrons. The fourth-order valence-corrected chi connectivity index (χ4v) is 3.40. The number of fused-ring (bicyclic) bond motifs is 2. The Balaban J connectivity index is 1.91. The third-order valence-corrected chi connectivity index (χ3v) is 4.51. The van der Waals surface area contributed by atoms with E-state index in [4.69, 9.17) is 0 Å².